The van der Waals surface area contributed by atoms with Crippen LogP contribution in [-0.2, 0) is 0 Å². The molecule has 0 radical (unpaired) electrons. The lowest BCUT2D eigenvalue weighted by Crippen LogP contribution is -2.20. The summed E-state index contributed by atoms with van der Waals surface area (Å²) < 4.78 is 0. The van der Waals surface area contributed by atoms with Gasteiger partial charge in [0.1, 0.15) is 5.75 Å². The quantitative estimate of drug-likeness (QED) is 0.783. The highest BCUT2D eigenvalue weighted by Crippen LogP contribution is 2.32. The van der Waals surface area contributed by atoms with E-state index < -0.39 is 0 Å². The van der Waals surface area contributed by atoms with E-state index in [0.717, 1.165) is 29.3 Å². The van der Waals surface area contributed by atoms with E-state index in [4.69, 9.17) is 0 Å². The van der Waals surface area contributed by atoms with Gasteiger partial charge in [-0.05, 0) is 37.3 Å². The van der Waals surface area contributed by atoms with E-state index in [-0.39, 0.29) is 6.04 Å². The van der Waals surface area contributed by atoms with Crippen molar-refractivity contribution >= 4 is 22.5 Å². The number of fused-ring (bicyclic) bond motifs is 1. The molecule has 3 heteroatoms. The minimum Gasteiger partial charge on any atom is -0.507 e. The first-order chi connectivity index (χ1) is 9.24. The number of rotatable bonds is 6. The standard InChI is InChI=1S/C16H21NOS/c1-12(17-10-5-11-19-2)14-9-8-13-6-3-4-7-15(13)16(14)18/h3-4,6-9,12,17-18H,5,10-11H2,1-2H3. The predicted molar refractivity (Wildman–Crippen MR) is 85.0 cm³/mol. The van der Waals surface area contributed by atoms with Gasteiger partial charge in [-0.15, -0.1) is 0 Å². The third-order valence-electron chi connectivity index (χ3n) is 3.37. The van der Waals surface area contributed by atoms with Crippen molar-refractivity contribution in [2.75, 3.05) is 18.6 Å². The van der Waals surface area contributed by atoms with E-state index in [1.54, 1.807) is 0 Å². The van der Waals surface area contributed by atoms with E-state index in [9.17, 15) is 5.11 Å². The van der Waals surface area contributed by atoms with Gasteiger partial charge in [0.05, 0.1) is 0 Å². The van der Waals surface area contributed by atoms with Crippen LogP contribution >= 0.6 is 11.8 Å². The van der Waals surface area contributed by atoms with Gasteiger partial charge < -0.3 is 10.4 Å². The molecule has 0 aliphatic rings. The van der Waals surface area contributed by atoms with Crippen molar-refractivity contribution in [2.24, 2.45) is 0 Å². The molecule has 0 aliphatic heterocycles. The van der Waals surface area contributed by atoms with Crippen LogP contribution in [0.3, 0.4) is 0 Å². The summed E-state index contributed by atoms with van der Waals surface area (Å²) in [5.41, 5.74) is 0.975. The molecular weight excluding hydrogens is 254 g/mol. The first kappa shape index (κ1) is 14.2. The summed E-state index contributed by atoms with van der Waals surface area (Å²) in [5, 5.41) is 15.9. The Morgan fingerprint density at radius 2 is 2.00 bits per heavy atom. The fourth-order valence-electron chi connectivity index (χ4n) is 2.27. The molecule has 19 heavy (non-hydrogen) atoms. The van der Waals surface area contributed by atoms with Gasteiger partial charge in [-0.2, -0.15) is 11.8 Å². The van der Waals surface area contributed by atoms with Crippen LogP contribution < -0.4 is 5.32 Å². The maximum atomic E-state index is 10.4. The summed E-state index contributed by atoms with van der Waals surface area (Å²) in [6, 6.07) is 12.2. The third-order valence-corrected chi connectivity index (χ3v) is 4.07. The average molecular weight is 275 g/mol. The van der Waals surface area contributed by atoms with E-state index in [1.807, 2.05) is 42.1 Å². The third kappa shape index (κ3) is 3.43. The summed E-state index contributed by atoms with van der Waals surface area (Å²) in [5.74, 6) is 1.58. The number of thioether (sulfide) groups is 1. The van der Waals surface area contributed by atoms with Gasteiger partial charge in [0, 0.05) is 17.0 Å². The van der Waals surface area contributed by atoms with Crippen molar-refractivity contribution in [1.82, 2.24) is 5.32 Å². The Bertz CT molecular complexity index is 541. The van der Waals surface area contributed by atoms with Crippen LogP contribution in [0.25, 0.3) is 10.8 Å². The molecule has 2 nitrogen and oxygen atoms in total. The Balaban J connectivity index is 2.13. The highest BCUT2D eigenvalue weighted by atomic mass is 32.2. The SMILES string of the molecule is CSCCCNC(C)c1ccc2ccccc2c1O. The smallest absolute Gasteiger partial charge is 0.128 e. The van der Waals surface area contributed by atoms with Gasteiger partial charge in [0.2, 0.25) is 0 Å². The number of hydrogen-bond donors (Lipinski definition) is 2. The molecule has 0 heterocycles. The average Bonchev–Trinajstić information content (AvgIpc) is 2.44. The lowest BCUT2D eigenvalue weighted by atomic mass is 10.0. The zero-order valence-corrected chi connectivity index (χ0v) is 12.3. The Labute approximate surface area is 119 Å². The molecular formula is C16H21NOS. The van der Waals surface area contributed by atoms with Crippen LogP contribution in [-0.4, -0.2) is 23.7 Å². The van der Waals surface area contributed by atoms with Crippen molar-refractivity contribution in [3.8, 4) is 5.75 Å². The Morgan fingerprint density at radius 3 is 2.79 bits per heavy atom. The van der Waals surface area contributed by atoms with E-state index in [2.05, 4.69) is 24.6 Å². The second-order valence-electron chi connectivity index (χ2n) is 4.75. The number of aromatic hydroxyl groups is 1. The van der Waals surface area contributed by atoms with Gasteiger partial charge in [0.25, 0.3) is 0 Å². The number of benzene rings is 2. The molecule has 0 fully saturated rings. The normalized spacial score (nSPS) is 12.7. The molecule has 0 aliphatic carbocycles. The number of phenols is 1. The number of phenolic OH excluding ortho intramolecular Hbond substituents is 1. The highest BCUT2D eigenvalue weighted by Gasteiger charge is 2.11. The molecule has 0 saturated carbocycles. The lowest BCUT2D eigenvalue weighted by molar-refractivity contribution is 0.459. The zero-order valence-electron chi connectivity index (χ0n) is 11.5. The molecule has 0 saturated heterocycles. The van der Waals surface area contributed by atoms with Crippen LogP contribution in [0.4, 0.5) is 0 Å². The first-order valence-electron chi connectivity index (χ1n) is 6.67. The summed E-state index contributed by atoms with van der Waals surface area (Å²) in [6.45, 7) is 3.08. The second-order valence-corrected chi connectivity index (χ2v) is 5.73. The van der Waals surface area contributed by atoms with Crippen LogP contribution in [0.2, 0.25) is 0 Å². The topological polar surface area (TPSA) is 32.3 Å². The highest BCUT2D eigenvalue weighted by molar-refractivity contribution is 7.98. The maximum absolute atomic E-state index is 10.4. The Morgan fingerprint density at radius 1 is 1.21 bits per heavy atom. The van der Waals surface area contributed by atoms with Gasteiger partial charge in [-0.25, -0.2) is 0 Å². The van der Waals surface area contributed by atoms with Crippen molar-refractivity contribution in [3.63, 3.8) is 0 Å². The van der Waals surface area contributed by atoms with Gasteiger partial charge >= 0.3 is 0 Å². The van der Waals surface area contributed by atoms with Crippen LogP contribution in [0.1, 0.15) is 24.9 Å². The van der Waals surface area contributed by atoms with Crippen molar-refractivity contribution in [2.45, 2.75) is 19.4 Å². The molecule has 1 atom stereocenters. The fourth-order valence-corrected chi connectivity index (χ4v) is 2.70. The van der Waals surface area contributed by atoms with Crippen molar-refractivity contribution < 1.29 is 5.11 Å². The summed E-state index contributed by atoms with van der Waals surface area (Å²) >= 11 is 1.86. The molecule has 0 spiro atoms. The van der Waals surface area contributed by atoms with Crippen molar-refractivity contribution in [1.29, 1.82) is 0 Å². The minimum absolute atomic E-state index is 0.173. The molecule has 2 N–H and O–H groups in total. The van der Waals surface area contributed by atoms with Crippen LogP contribution in [0, 0.1) is 0 Å². The molecule has 2 rings (SSSR count). The molecule has 2 aromatic rings. The largest absolute Gasteiger partial charge is 0.507 e. The number of nitrogens with one attached hydrogen (secondary N) is 1. The Kier molecular flexibility index (Phi) is 5.11. The maximum Gasteiger partial charge on any atom is 0.128 e. The second kappa shape index (κ2) is 6.83. The van der Waals surface area contributed by atoms with Gasteiger partial charge in [0.15, 0.2) is 0 Å². The lowest BCUT2D eigenvalue weighted by Gasteiger charge is -2.16. The molecule has 1 unspecified atom stereocenters. The molecule has 0 aromatic heterocycles. The molecule has 0 amide bonds. The summed E-state index contributed by atoms with van der Waals surface area (Å²) in [7, 11) is 0. The van der Waals surface area contributed by atoms with Gasteiger partial charge in [-0.1, -0.05) is 36.4 Å². The monoisotopic (exact) mass is 275 g/mol. The molecule has 0 bridgehead atoms. The first-order valence-corrected chi connectivity index (χ1v) is 8.06. The van der Waals surface area contributed by atoms with E-state index >= 15 is 0 Å². The zero-order chi connectivity index (χ0) is 13.7. The predicted octanol–water partition coefficient (Wildman–Crippen LogP) is 3.95. The minimum atomic E-state index is 0.173. The molecule has 102 valence electrons. The van der Waals surface area contributed by atoms with E-state index in [1.165, 1.54) is 5.75 Å². The summed E-state index contributed by atoms with van der Waals surface area (Å²) in [6.07, 6.45) is 3.28. The summed E-state index contributed by atoms with van der Waals surface area (Å²) in [4.78, 5) is 0. The van der Waals surface area contributed by atoms with E-state index in [0.29, 0.717) is 5.75 Å². The number of hydrogen-bond acceptors (Lipinski definition) is 3. The van der Waals surface area contributed by atoms with Crippen molar-refractivity contribution in [3.05, 3.63) is 42.0 Å². The van der Waals surface area contributed by atoms with Gasteiger partial charge in [-0.3, -0.25) is 0 Å². The van der Waals surface area contributed by atoms with Crippen LogP contribution in [0.15, 0.2) is 36.4 Å². The molecule has 2 aromatic carbocycles. The van der Waals surface area contributed by atoms with Crippen LogP contribution in [0.5, 0.6) is 5.75 Å². The fraction of sp³-hybridized carbons (Fsp3) is 0.375. The Hall–Kier alpha value is -1.19.